The molecule has 0 spiro atoms. The molecule has 1 heterocycles. The first-order valence-electron chi connectivity index (χ1n) is 12.5. The molecular formula is C30H36N2OS. The van der Waals surface area contributed by atoms with E-state index in [1.54, 1.807) is 11.8 Å². The lowest BCUT2D eigenvalue weighted by Gasteiger charge is -2.34. The van der Waals surface area contributed by atoms with Gasteiger partial charge in [0.25, 0.3) is 0 Å². The lowest BCUT2D eigenvalue weighted by molar-refractivity contribution is -0.122. The molecule has 1 fully saturated rings. The van der Waals surface area contributed by atoms with Crippen molar-refractivity contribution in [2.24, 2.45) is 0 Å². The van der Waals surface area contributed by atoms with Crippen molar-refractivity contribution in [2.45, 2.75) is 36.9 Å². The van der Waals surface area contributed by atoms with Gasteiger partial charge in [-0.2, -0.15) is 0 Å². The van der Waals surface area contributed by atoms with Crippen LogP contribution in [0.4, 0.5) is 0 Å². The van der Waals surface area contributed by atoms with E-state index in [0.29, 0.717) is 12.5 Å². The lowest BCUT2D eigenvalue weighted by atomic mass is 9.89. The molecule has 0 saturated carbocycles. The van der Waals surface area contributed by atoms with Gasteiger partial charge in [0, 0.05) is 6.54 Å². The zero-order valence-electron chi connectivity index (χ0n) is 20.2. The molecule has 0 bridgehead atoms. The maximum atomic E-state index is 13.8. The zero-order valence-corrected chi connectivity index (χ0v) is 21.0. The van der Waals surface area contributed by atoms with E-state index in [9.17, 15) is 4.79 Å². The van der Waals surface area contributed by atoms with Gasteiger partial charge >= 0.3 is 0 Å². The van der Waals surface area contributed by atoms with Gasteiger partial charge in [0.05, 0.1) is 0 Å². The Labute approximate surface area is 209 Å². The maximum Gasteiger partial charge on any atom is 0.245 e. The fourth-order valence-electron chi connectivity index (χ4n) is 5.07. The van der Waals surface area contributed by atoms with E-state index < -0.39 is 4.75 Å². The minimum Gasteiger partial charge on any atom is -0.354 e. The molecule has 4 rings (SSSR count). The van der Waals surface area contributed by atoms with Crippen LogP contribution in [0.5, 0.6) is 0 Å². The number of amides is 1. The van der Waals surface area contributed by atoms with Gasteiger partial charge in [-0.3, -0.25) is 4.79 Å². The standard InChI is InChI=1S/C30H36N2OS/c1-2-34-30(27-15-8-4-9-16-27,28-17-10-5-11-18-28)29(33)31-21-12-22-32-23-19-26(20-24-32)25-13-6-3-7-14-25/h3-11,13-18,26H,2,12,19-24H2,1H3,(H,31,33). The molecule has 1 saturated heterocycles. The number of carbonyl (C=O) groups is 1. The van der Waals surface area contributed by atoms with Crippen molar-refractivity contribution in [3.8, 4) is 0 Å². The molecule has 4 heteroatoms. The number of benzene rings is 3. The van der Waals surface area contributed by atoms with Gasteiger partial charge in [-0.1, -0.05) is 97.9 Å². The molecule has 1 aliphatic rings. The van der Waals surface area contributed by atoms with Crippen molar-refractivity contribution >= 4 is 17.7 Å². The summed E-state index contributed by atoms with van der Waals surface area (Å²) in [6.07, 6.45) is 3.40. The van der Waals surface area contributed by atoms with E-state index in [2.05, 4.69) is 71.7 Å². The van der Waals surface area contributed by atoms with Crippen molar-refractivity contribution in [3.05, 3.63) is 108 Å². The fourth-order valence-corrected chi connectivity index (χ4v) is 6.31. The van der Waals surface area contributed by atoms with Crippen LogP contribution in [-0.2, 0) is 9.54 Å². The highest BCUT2D eigenvalue weighted by atomic mass is 32.2. The first kappa shape index (κ1) is 24.6. The minimum absolute atomic E-state index is 0.0829. The molecule has 1 N–H and O–H groups in total. The number of likely N-dealkylation sites (tertiary alicyclic amines) is 1. The first-order chi connectivity index (χ1) is 16.7. The van der Waals surface area contributed by atoms with Crippen LogP contribution in [0, 0.1) is 0 Å². The first-order valence-corrected chi connectivity index (χ1v) is 13.5. The largest absolute Gasteiger partial charge is 0.354 e. The van der Waals surface area contributed by atoms with Crippen LogP contribution in [0.2, 0.25) is 0 Å². The molecule has 1 aliphatic heterocycles. The van der Waals surface area contributed by atoms with Crippen molar-refractivity contribution in [1.29, 1.82) is 0 Å². The number of nitrogens with zero attached hydrogens (tertiary/aromatic N) is 1. The Hall–Kier alpha value is -2.56. The molecule has 3 aromatic carbocycles. The molecule has 0 unspecified atom stereocenters. The molecule has 0 aromatic heterocycles. The summed E-state index contributed by atoms with van der Waals surface area (Å²) in [5, 5.41) is 3.29. The van der Waals surface area contributed by atoms with Gasteiger partial charge in [0.2, 0.25) is 5.91 Å². The Morgan fingerprint density at radius 1 is 0.882 bits per heavy atom. The predicted octanol–water partition coefficient (Wildman–Crippen LogP) is 6.07. The maximum absolute atomic E-state index is 13.8. The molecular weight excluding hydrogens is 436 g/mol. The van der Waals surface area contributed by atoms with E-state index in [1.807, 2.05) is 36.4 Å². The third-order valence-corrected chi connectivity index (χ3v) is 8.21. The van der Waals surface area contributed by atoms with Crippen molar-refractivity contribution < 1.29 is 4.79 Å². The third-order valence-electron chi connectivity index (χ3n) is 6.84. The van der Waals surface area contributed by atoms with Gasteiger partial charge in [0.1, 0.15) is 4.75 Å². The number of nitrogens with one attached hydrogen (secondary N) is 1. The van der Waals surface area contributed by atoms with Gasteiger partial charge < -0.3 is 10.2 Å². The van der Waals surface area contributed by atoms with Crippen LogP contribution >= 0.6 is 11.8 Å². The van der Waals surface area contributed by atoms with Crippen LogP contribution in [-0.4, -0.2) is 42.7 Å². The summed E-state index contributed by atoms with van der Waals surface area (Å²) < 4.78 is -0.731. The second-order valence-electron chi connectivity index (χ2n) is 8.98. The predicted molar refractivity (Wildman–Crippen MR) is 144 cm³/mol. The van der Waals surface area contributed by atoms with Crippen LogP contribution < -0.4 is 5.32 Å². The average molecular weight is 473 g/mol. The monoisotopic (exact) mass is 472 g/mol. The Bertz CT molecular complexity index is 962. The summed E-state index contributed by atoms with van der Waals surface area (Å²) in [6, 6.07) is 31.3. The number of hydrogen-bond acceptors (Lipinski definition) is 3. The molecule has 3 aromatic rings. The van der Waals surface area contributed by atoms with Crippen LogP contribution in [0.25, 0.3) is 0 Å². The summed E-state index contributed by atoms with van der Waals surface area (Å²) in [7, 11) is 0. The summed E-state index contributed by atoms with van der Waals surface area (Å²) >= 11 is 1.70. The Kier molecular flexibility index (Phi) is 8.84. The van der Waals surface area contributed by atoms with Crippen molar-refractivity contribution in [2.75, 3.05) is 31.9 Å². The van der Waals surface area contributed by atoms with E-state index in [1.165, 1.54) is 18.4 Å². The smallest absolute Gasteiger partial charge is 0.245 e. The molecule has 178 valence electrons. The van der Waals surface area contributed by atoms with Gasteiger partial charge in [-0.25, -0.2) is 0 Å². The molecule has 1 amide bonds. The Morgan fingerprint density at radius 2 is 1.41 bits per heavy atom. The van der Waals surface area contributed by atoms with E-state index >= 15 is 0 Å². The van der Waals surface area contributed by atoms with Crippen molar-refractivity contribution in [1.82, 2.24) is 10.2 Å². The van der Waals surface area contributed by atoms with Gasteiger partial charge in [-0.15, -0.1) is 11.8 Å². The second kappa shape index (κ2) is 12.2. The Morgan fingerprint density at radius 3 is 1.94 bits per heavy atom. The number of piperidine rings is 1. The topological polar surface area (TPSA) is 32.3 Å². The fraction of sp³-hybridized carbons (Fsp3) is 0.367. The quantitative estimate of drug-likeness (QED) is 0.364. The van der Waals surface area contributed by atoms with E-state index in [0.717, 1.165) is 42.9 Å². The summed E-state index contributed by atoms with van der Waals surface area (Å²) in [5.41, 5.74) is 3.54. The molecule has 0 radical (unpaired) electrons. The van der Waals surface area contributed by atoms with E-state index in [-0.39, 0.29) is 5.91 Å². The summed E-state index contributed by atoms with van der Waals surface area (Å²) in [6.45, 7) is 6.13. The normalized spacial score (nSPS) is 15.2. The molecule has 0 aliphatic carbocycles. The second-order valence-corrected chi connectivity index (χ2v) is 10.5. The van der Waals surface area contributed by atoms with Gasteiger partial charge in [-0.05, 0) is 67.3 Å². The van der Waals surface area contributed by atoms with Crippen molar-refractivity contribution in [3.63, 3.8) is 0 Å². The Balaban J connectivity index is 1.35. The SMILES string of the molecule is CCSC(C(=O)NCCCN1CCC(c2ccccc2)CC1)(c1ccccc1)c1ccccc1. The highest BCUT2D eigenvalue weighted by Crippen LogP contribution is 2.43. The summed E-state index contributed by atoms with van der Waals surface area (Å²) in [4.78, 5) is 16.3. The molecule has 34 heavy (non-hydrogen) atoms. The minimum atomic E-state index is -0.731. The lowest BCUT2D eigenvalue weighted by Crippen LogP contribution is -2.44. The highest BCUT2D eigenvalue weighted by Gasteiger charge is 2.42. The zero-order chi connectivity index (χ0) is 23.6. The third kappa shape index (κ3) is 5.73. The van der Waals surface area contributed by atoms with Gasteiger partial charge in [0.15, 0.2) is 0 Å². The summed E-state index contributed by atoms with van der Waals surface area (Å²) in [5.74, 6) is 1.62. The highest BCUT2D eigenvalue weighted by molar-refractivity contribution is 8.01. The molecule has 0 atom stereocenters. The molecule has 3 nitrogen and oxygen atoms in total. The number of rotatable bonds is 10. The number of carbonyl (C=O) groups excluding carboxylic acids is 1. The number of hydrogen-bond donors (Lipinski definition) is 1. The van der Waals surface area contributed by atoms with Crippen LogP contribution in [0.3, 0.4) is 0 Å². The van der Waals surface area contributed by atoms with Crippen LogP contribution in [0.15, 0.2) is 91.0 Å². The van der Waals surface area contributed by atoms with E-state index in [4.69, 9.17) is 0 Å². The van der Waals surface area contributed by atoms with Crippen LogP contribution in [0.1, 0.15) is 48.8 Å². The average Bonchev–Trinajstić information content (AvgIpc) is 2.91. The number of thioether (sulfide) groups is 1.